The topological polar surface area (TPSA) is 98.3 Å². The number of para-hydroxylation sites is 2. The van der Waals surface area contributed by atoms with Crippen LogP contribution in [-0.2, 0) is 11.3 Å². The van der Waals surface area contributed by atoms with Gasteiger partial charge in [0.05, 0.1) is 5.52 Å². The Kier molecular flexibility index (Phi) is 3.80. The maximum atomic E-state index is 12.1. The summed E-state index contributed by atoms with van der Waals surface area (Å²) in [6.07, 6.45) is 0. The summed E-state index contributed by atoms with van der Waals surface area (Å²) in [7, 11) is 0. The van der Waals surface area contributed by atoms with Crippen molar-refractivity contribution in [3.05, 3.63) is 59.4 Å². The number of esters is 1. The van der Waals surface area contributed by atoms with Crippen LogP contribution in [0.1, 0.15) is 21.7 Å². The number of carbonyl (C=O) groups excluding carboxylic acids is 1. The third-order valence-electron chi connectivity index (χ3n) is 3.47. The number of phenolic OH excluding ortho intramolecular Hbond substituents is 1. The number of aryl methyl sites for hydroxylation is 1. The molecule has 3 rings (SSSR count). The molecule has 0 saturated carbocycles. The number of nitrogens with zero attached hydrogens (tertiary/aromatic N) is 2. The fraction of sp³-hybridized carbons (Fsp3) is 0.118. The number of nitrogen functional groups attached to an aromatic ring is 1. The number of benzene rings is 2. The summed E-state index contributed by atoms with van der Waals surface area (Å²) in [6.45, 7) is 1.58. The Hall–Kier alpha value is -3.15. The molecule has 0 aliphatic carbocycles. The number of rotatable bonds is 3. The van der Waals surface area contributed by atoms with E-state index in [1.807, 2.05) is 24.3 Å². The number of fused-ring (bicyclic) bond motifs is 1. The van der Waals surface area contributed by atoms with Gasteiger partial charge in [-0.1, -0.05) is 24.3 Å². The first kappa shape index (κ1) is 14.8. The summed E-state index contributed by atoms with van der Waals surface area (Å²) >= 11 is 0. The minimum Gasteiger partial charge on any atom is -0.507 e. The quantitative estimate of drug-likeness (QED) is 0.722. The average molecular weight is 309 g/mol. The standard InChI is InChI=1S/C17H15N3O3/c1-10-5-4-7-12(15(10)21)17(22)23-9-14-19-13-8-3-2-6-11(13)16(18)20-14/h2-8,21H,9H2,1H3,(H2,18,19,20). The van der Waals surface area contributed by atoms with E-state index in [0.717, 1.165) is 5.39 Å². The summed E-state index contributed by atoms with van der Waals surface area (Å²) in [5.74, 6) is -0.0836. The predicted molar refractivity (Wildman–Crippen MR) is 85.9 cm³/mol. The second-order valence-corrected chi connectivity index (χ2v) is 5.09. The van der Waals surface area contributed by atoms with E-state index in [0.29, 0.717) is 22.7 Å². The molecule has 116 valence electrons. The first-order valence-electron chi connectivity index (χ1n) is 7.03. The van der Waals surface area contributed by atoms with Gasteiger partial charge in [0, 0.05) is 5.39 Å². The smallest absolute Gasteiger partial charge is 0.342 e. The molecule has 6 nitrogen and oxygen atoms in total. The number of ether oxygens (including phenoxy) is 1. The van der Waals surface area contributed by atoms with Crippen molar-refractivity contribution < 1.29 is 14.6 Å². The Bertz CT molecular complexity index is 893. The summed E-state index contributed by atoms with van der Waals surface area (Å²) in [5, 5.41) is 10.6. The lowest BCUT2D eigenvalue weighted by atomic mass is 10.1. The number of nitrogens with two attached hydrogens (primary N) is 1. The third kappa shape index (κ3) is 2.91. The largest absolute Gasteiger partial charge is 0.507 e. The number of aromatic nitrogens is 2. The highest BCUT2D eigenvalue weighted by Crippen LogP contribution is 2.23. The minimum absolute atomic E-state index is 0.0866. The Morgan fingerprint density at radius 2 is 1.96 bits per heavy atom. The van der Waals surface area contributed by atoms with E-state index in [1.54, 1.807) is 19.1 Å². The molecule has 0 unspecified atom stereocenters. The first-order valence-corrected chi connectivity index (χ1v) is 7.03. The van der Waals surface area contributed by atoms with Gasteiger partial charge in [-0.05, 0) is 30.7 Å². The van der Waals surface area contributed by atoms with Gasteiger partial charge in [-0.25, -0.2) is 14.8 Å². The van der Waals surface area contributed by atoms with Gasteiger partial charge in [0.25, 0.3) is 0 Å². The van der Waals surface area contributed by atoms with Gasteiger partial charge in [0.15, 0.2) is 12.4 Å². The molecule has 3 N–H and O–H groups in total. The monoisotopic (exact) mass is 309 g/mol. The van der Waals surface area contributed by atoms with Crippen LogP contribution in [-0.4, -0.2) is 21.0 Å². The molecule has 3 aromatic rings. The van der Waals surface area contributed by atoms with E-state index in [1.165, 1.54) is 6.07 Å². The Morgan fingerprint density at radius 3 is 2.78 bits per heavy atom. The van der Waals surface area contributed by atoms with E-state index < -0.39 is 5.97 Å². The zero-order valence-electron chi connectivity index (χ0n) is 12.5. The zero-order chi connectivity index (χ0) is 16.4. The van der Waals surface area contributed by atoms with Crippen LogP contribution in [0.25, 0.3) is 10.9 Å². The molecule has 1 heterocycles. The van der Waals surface area contributed by atoms with Gasteiger partial charge in [-0.3, -0.25) is 0 Å². The minimum atomic E-state index is -0.637. The molecule has 1 aromatic heterocycles. The zero-order valence-corrected chi connectivity index (χ0v) is 12.5. The summed E-state index contributed by atoms with van der Waals surface area (Å²) < 4.78 is 5.17. The molecule has 0 bridgehead atoms. The molecule has 6 heteroatoms. The molecule has 0 atom stereocenters. The van der Waals surface area contributed by atoms with Crippen LogP contribution in [0.5, 0.6) is 5.75 Å². The SMILES string of the molecule is Cc1cccc(C(=O)OCc2nc(N)c3ccccc3n2)c1O. The highest BCUT2D eigenvalue weighted by molar-refractivity contribution is 5.93. The molecule has 0 aliphatic heterocycles. The van der Waals surface area contributed by atoms with Crippen LogP contribution in [0, 0.1) is 6.92 Å². The average Bonchev–Trinajstić information content (AvgIpc) is 2.55. The van der Waals surface area contributed by atoms with Crippen molar-refractivity contribution in [2.24, 2.45) is 0 Å². The molecule has 0 aliphatic rings. The highest BCUT2D eigenvalue weighted by atomic mass is 16.5. The number of phenols is 1. The van der Waals surface area contributed by atoms with E-state index in [2.05, 4.69) is 9.97 Å². The molecule has 0 radical (unpaired) electrons. The van der Waals surface area contributed by atoms with Crippen molar-refractivity contribution in [2.45, 2.75) is 13.5 Å². The van der Waals surface area contributed by atoms with Crippen molar-refractivity contribution in [2.75, 3.05) is 5.73 Å². The van der Waals surface area contributed by atoms with Crippen molar-refractivity contribution in [3.63, 3.8) is 0 Å². The fourth-order valence-corrected chi connectivity index (χ4v) is 2.25. The Morgan fingerprint density at radius 1 is 1.17 bits per heavy atom. The van der Waals surface area contributed by atoms with E-state index >= 15 is 0 Å². The van der Waals surface area contributed by atoms with Crippen molar-refractivity contribution in [3.8, 4) is 5.75 Å². The Balaban J connectivity index is 1.80. The van der Waals surface area contributed by atoms with Crippen LogP contribution in [0.3, 0.4) is 0 Å². The number of aromatic hydroxyl groups is 1. The van der Waals surface area contributed by atoms with Gasteiger partial charge in [0.2, 0.25) is 0 Å². The van der Waals surface area contributed by atoms with Crippen molar-refractivity contribution in [1.29, 1.82) is 0 Å². The first-order chi connectivity index (χ1) is 11.1. The lowest BCUT2D eigenvalue weighted by Gasteiger charge is -2.08. The maximum Gasteiger partial charge on any atom is 0.342 e. The van der Waals surface area contributed by atoms with Crippen molar-refractivity contribution >= 4 is 22.7 Å². The lowest BCUT2D eigenvalue weighted by Crippen LogP contribution is -2.09. The maximum absolute atomic E-state index is 12.1. The molecule has 0 spiro atoms. The van der Waals surface area contributed by atoms with Gasteiger partial charge < -0.3 is 15.6 Å². The van der Waals surface area contributed by atoms with Crippen LogP contribution in [0.15, 0.2) is 42.5 Å². The summed E-state index contributed by atoms with van der Waals surface area (Å²) in [6, 6.07) is 12.2. The van der Waals surface area contributed by atoms with Crippen LogP contribution in [0.2, 0.25) is 0 Å². The van der Waals surface area contributed by atoms with E-state index in [9.17, 15) is 9.90 Å². The molecule has 0 amide bonds. The molecule has 0 fully saturated rings. The predicted octanol–water partition coefficient (Wildman–Crippen LogP) is 2.58. The second-order valence-electron chi connectivity index (χ2n) is 5.09. The molecular formula is C17H15N3O3. The molecule has 23 heavy (non-hydrogen) atoms. The number of hydrogen-bond acceptors (Lipinski definition) is 6. The summed E-state index contributed by atoms with van der Waals surface area (Å²) in [5.41, 5.74) is 7.28. The van der Waals surface area contributed by atoms with Crippen LogP contribution in [0.4, 0.5) is 5.82 Å². The number of carbonyl (C=O) groups is 1. The lowest BCUT2D eigenvalue weighted by molar-refractivity contribution is 0.0459. The van der Waals surface area contributed by atoms with Gasteiger partial charge in [-0.2, -0.15) is 0 Å². The molecule has 2 aromatic carbocycles. The van der Waals surface area contributed by atoms with Crippen LogP contribution >= 0.6 is 0 Å². The highest BCUT2D eigenvalue weighted by Gasteiger charge is 2.15. The van der Waals surface area contributed by atoms with Crippen LogP contribution < -0.4 is 5.73 Å². The summed E-state index contributed by atoms with van der Waals surface area (Å²) in [4.78, 5) is 20.5. The third-order valence-corrected chi connectivity index (χ3v) is 3.47. The number of anilines is 1. The second kappa shape index (κ2) is 5.92. The van der Waals surface area contributed by atoms with Gasteiger partial charge >= 0.3 is 5.97 Å². The molecule has 0 saturated heterocycles. The fourth-order valence-electron chi connectivity index (χ4n) is 2.25. The van der Waals surface area contributed by atoms with E-state index in [4.69, 9.17) is 10.5 Å². The normalized spacial score (nSPS) is 10.7. The Labute approximate surface area is 132 Å². The van der Waals surface area contributed by atoms with Crippen molar-refractivity contribution in [1.82, 2.24) is 9.97 Å². The number of hydrogen-bond donors (Lipinski definition) is 2. The van der Waals surface area contributed by atoms with E-state index in [-0.39, 0.29) is 17.9 Å². The van der Waals surface area contributed by atoms with Gasteiger partial charge in [-0.15, -0.1) is 0 Å². The molecular weight excluding hydrogens is 294 g/mol. The van der Waals surface area contributed by atoms with Gasteiger partial charge in [0.1, 0.15) is 17.1 Å².